The van der Waals surface area contributed by atoms with Crippen molar-refractivity contribution in [2.24, 2.45) is 5.92 Å². The Labute approximate surface area is 114 Å². The molecule has 1 amide bonds. The van der Waals surface area contributed by atoms with E-state index in [1.807, 2.05) is 0 Å². The number of nitrogens with zero attached hydrogens (tertiary/aromatic N) is 1. The van der Waals surface area contributed by atoms with Gasteiger partial charge in [-0.25, -0.2) is 0 Å². The predicted octanol–water partition coefficient (Wildman–Crippen LogP) is -0.0899. The first-order valence-corrected chi connectivity index (χ1v) is 7.59. The number of likely N-dealkylation sites (tertiary alicyclic amines) is 1. The molecule has 1 saturated carbocycles. The van der Waals surface area contributed by atoms with Gasteiger partial charge in [-0.15, -0.1) is 0 Å². The molecule has 3 aliphatic rings. The standard InChI is InChI=1S/C13H23BN2O3/c17-13(16-7-3-6-12(16)14(18)19)11-8-9-4-1-2-5-10(9)15-11/h9-12,15,18-19H,1-8H2/t9?,10?,11-,12-/m0/s1. The van der Waals surface area contributed by atoms with Crippen LogP contribution in [-0.2, 0) is 4.79 Å². The molecule has 0 bridgehead atoms. The van der Waals surface area contributed by atoms with E-state index in [1.54, 1.807) is 4.90 Å². The maximum absolute atomic E-state index is 12.5. The molecule has 0 aromatic rings. The summed E-state index contributed by atoms with van der Waals surface area (Å²) in [5.41, 5.74) is 0. The van der Waals surface area contributed by atoms with Crippen LogP contribution in [0, 0.1) is 5.92 Å². The van der Waals surface area contributed by atoms with E-state index in [1.165, 1.54) is 25.7 Å². The lowest BCUT2D eigenvalue weighted by atomic mass is 9.77. The second-order valence-corrected chi connectivity index (χ2v) is 6.26. The molecule has 3 rings (SSSR count). The van der Waals surface area contributed by atoms with Gasteiger partial charge in [-0.2, -0.15) is 0 Å². The van der Waals surface area contributed by atoms with Crippen molar-refractivity contribution in [1.29, 1.82) is 0 Å². The van der Waals surface area contributed by atoms with Crippen LogP contribution in [0.1, 0.15) is 44.9 Å². The SMILES string of the molecule is O=C([C@@H]1CC2CCCCC2N1)N1CCC[C@H]1B(O)O. The van der Waals surface area contributed by atoms with E-state index in [4.69, 9.17) is 0 Å². The highest BCUT2D eigenvalue weighted by Crippen LogP contribution is 2.34. The van der Waals surface area contributed by atoms with Gasteiger partial charge in [0.1, 0.15) is 0 Å². The van der Waals surface area contributed by atoms with Crippen LogP contribution in [0.15, 0.2) is 0 Å². The summed E-state index contributed by atoms with van der Waals surface area (Å²) in [7, 11) is -1.41. The molecule has 0 aromatic heterocycles. The van der Waals surface area contributed by atoms with Gasteiger partial charge in [0, 0.05) is 12.6 Å². The first kappa shape index (κ1) is 13.4. The van der Waals surface area contributed by atoms with E-state index in [2.05, 4.69) is 5.32 Å². The first-order chi connectivity index (χ1) is 9.16. The number of amides is 1. The van der Waals surface area contributed by atoms with Crippen LogP contribution in [0.2, 0.25) is 0 Å². The number of nitrogens with one attached hydrogen (secondary N) is 1. The highest BCUT2D eigenvalue weighted by Gasteiger charge is 2.44. The minimum atomic E-state index is -1.41. The van der Waals surface area contributed by atoms with E-state index < -0.39 is 13.1 Å². The monoisotopic (exact) mass is 266 g/mol. The van der Waals surface area contributed by atoms with Crippen molar-refractivity contribution in [3.8, 4) is 0 Å². The summed E-state index contributed by atoms with van der Waals surface area (Å²) in [4.78, 5) is 14.2. The third-order valence-electron chi connectivity index (χ3n) is 5.09. The molecule has 2 saturated heterocycles. The Morgan fingerprint density at radius 3 is 2.68 bits per heavy atom. The van der Waals surface area contributed by atoms with Gasteiger partial charge < -0.3 is 20.3 Å². The van der Waals surface area contributed by atoms with Crippen molar-refractivity contribution in [2.45, 2.75) is 63.0 Å². The van der Waals surface area contributed by atoms with Crippen LogP contribution in [-0.4, -0.2) is 52.5 Å². The first-order valence-electron chi connectivity index (χ1n) is 7.59. The second-order valence-electron chi connectivity index (χ2n) is 6.26. The molecule has 4 atom stereocenters. The zero-order valence-corrected chi connectivity index (χ0v) is 11.3. The summed E-state index contributed by atoms with van der Waals surface area (Å²) in [6.45, 7) is 0.661. The smallest absolute Gasteiger partial charge is 0.426 e. The van der Waals surface area contributed by atoms with Gasteiger partial charge in [0.05, 0.1) is 12.0 Å². The Balaban J connectivity index is 1.64. The summed E-state index contributed by atoms with van der Waals surface area (Å²) in [6.07, 6.45) is 7.45. The lowest BCUT2D eigenvalue weighted by Gasteiger charge is -2.27. The average Bonchev–Trinajstić information content (AvgIpc) is 3.04. The molecule has 106 valence electrons. The zero-order chi connectivity index (χ0) is 13.4. The minimum absolute atomic E-state index is 0.0741. The van der Waals surface area contributed by atoms with Gasteiger partial charge in [-0.3, -0.25) is 4.79 Å². The maximum Gasteiger partial charge on any atom is 0.475 e. The lowest BCUT2D eigenvalue weighted by Crippen LogP contribution is -2.51. The molecule has 6 heteroatoms. The molecule has 1 aliphatic carbocycles. The van der Waals surface area contributed by atoms with E-state index in [0.717, 1.165) is 12.8 Å². The van der Waals surface area contributed by atoms with Gasteiger partial charge in [-0.1, -0.05) is 12.8 Å². The van der Waals surface area contributed by atoms with Crippen molar-refractivity contribution in [3.63, 3.8) is 0 Å². The Kier molecular flexibility index (Phi) is 3.82. The third-order valence-corrected chi connectivity index (χ3v) is 5.09. The number of hydrogen-bond acceptors (Lipinski definition) is 4. The van der Waals surface area contributed by atoms with Gasteiger partial charge in [0.2, 0.25) is 5.91 Å². The van der Waals surface area contributed by atoms with Crippen molar-refractivity contribution in [3.05, 3.63) is 0 Å². The normalized spacial score (nSPS) is 38.3. The van der Waals surface area contributed by atoms with Gasteiger partial charge in [-0.05, 0) is 38.0 Å². The molecular weight excluding hydrogens is 243 g/mol. The minimum Gasteiger partial charge on any atom is -0.426 e. The summed E-state index contributed by atoms with van der Waals surface area (Å²) in [6, 6.07) is 0.398. The fraction of sp³-hybridized carbons (Fsp3) is 0.923. The Morgan fingerprint density at radius 2 is 1.95 bits per heavy atom. The Bertz CT molecular complexity index is 339. The van der Waals surface area contributed by atoms with Gasteiger partial charge >= 0.3 is 7.12 Å². The van der Waals surface area contributed by atoms with E-state index in [-0.39, 0.29) is 11.9 Å². The molecule has 19 heavy (non-hydrogen) atoms. The fourth-order valence-corrected chi connectivity index (χ4v) is 4.09. The van der Waals surface area contributed by atoms with E-state index in [0.29, 0.717) is 24.9 Å². The Hall–Kier alpha value is -0.585. The van der Waals surface area contributed by atoms with Crippen LogP contribution in [0.3, 0.4) is 0 Å². The highest BCUT2D eigenvalue weighted by molar-refractivity contribution is 6.43. The summed E-state index contributed by atoms with van der Waals surface area (Å²) < 4.78 is 0. The zero-order valence-electron chi connectivity index (χ0n) is 11.3. The molecule has 3 fully saturated rings. The van der Waals surface area contributed by atoms with Crippen molar-refractivity contribution < 1.29 is 14.8 Å². The van der Waals surface area contributed by atoms with Crippen molar-refractivity contribution >= 4 is 13.0 Å². The van der Waals surface area contributed by atoms with Crippen molar-refractivity contribution in [1.82, 2.24) is 10.2 Å². The predicted molar refractivity (Wildman–Crippen MR) is 72.2 cm³/mol. The quantitative estimate of drug-likeness (QED) is 0.611. The van der Waals surface area contributed by atoms with Crippen LogP contribution < -0.4 is 5.32 Å². The molecule has 0 spiro atoms. The van der Waals surface area contributed by atoms with E-state index >= 15 is 0 Å². The summed E-state index contributed by atoms with van der Waals surface area (Å²) in [5.74, 6) is 0.310. The summed E-state index contributed by atoms with van der Waals surface area (Å²) in [5, 5.41) is 22.2. The molecule has 2 unspecified atom stereocenters. The topological polar surface area (TPSA) is 72.8 Å². The lowest BCUT2D eigenvalue weighted by molar-refractivity contribution is -0.133. The molecule has 2 heterocycles. The number of carbonyl (C=O) groups is 1. The molecule has 5 nitrogen and oxygen atoms in total. The average molecular weight is 266 g/mol. The second kappa shape index (κ2) is 5.42. The number of fused-ring (bicyclic) bond motifs is 1. The van der Waals surface area contributed by atoms with Crippen LogP contribution in [0.5, 0.6) is 0 Å². The molecule has 0 aromatic carbocycles. The van der Waals surface area contributed by atoms with E-state index in [9.17, 15) is 14.8 Å². The number of rotatable bonds is 2. The Morgan fingerprint density at radius 1 is 1.16 bits per heavy atom. The van der Waals surface area contributed by atoms with Crippen LogP contribution >= 0.6 is 0 Å². The molecule has 2 aliphatic heterocycles. The number of hydrogen-bond donors (Lipinski definition) is 3. The number of carbonyl (C=O) groups excluding carboxylic acids is 1. The van der Waals surface area contributed by atoms with Crippen molar-refractivity contribution in [2.75, 3.05) is 6.54 Å². The summed E-state index contributed by atoms with van der Waals surface area (Å²) >= 11 is 0. The molecule has 0 radical (unpaired) electrons. The highest BCUT2D eigenvalue weighted by atomic mass is 16.4. The van der Waals surface area contributed by atoms with Crippen LogP contribution in [0.25, 0.3) is 0 Å². The fourth-order valence-electron chi connectivity index (χ4n) is 4.09. The van der Waals surface area contributed by atoms with Gasteiger partial charge in [0.15, 0.2) is 0 Å². The molecule has 3 N–H and O–H groups in total. The third kappa shape index (κ3) is 2.53. The maximum atomic E-state index is 12.5. The van der Waals surface area contributed by atoms with Crippen LogP contribution in [0.4, 0.5) is 0 Å². The largest absolute Gasteiger partial charge is 0.475 e. The van der Waals surface area contributed by atoms with Gasteiger partial charge in [0.25, 0.3) is 0 Å². The molecular formula is C13H23BN2O3.